The molecule has 1 aliphatic heterocycles. The summed E-state index contributed by atoms with van der Waals surface area (Å²) in [5.74, 6) is 0.358. The molecule has 4 nitrogen and oxygen atoms in total. The summed E-state index contributed by atoms with van der Waals surface area (Å²) >= 11 is 0. The lowest BCUT2D eigenvalue weighted by Gasteiger charge is -2.28. The monoisotopic (exact) mass is 348 g/mol. The molecule has 0 aliphatic carbocycles. The summed E-state index contributed by atoms with van der Waals surface area (Å²) in [5.41, 5.74) is 1.41. The van der Waals surface area contributed by atoms with Gasteiger partial charge in [-0.15, -0.1) is 0 Å². The summed E-state index contributed by atoms with van der Waals surface area (Å²) in [6.45, 7) is 1.06. The predicted molar refractivity (Wildman–Crippen MR) is 92.6 cm³/mol. The van der Waals surface area contributed by atoms with Crippen molar-refractivity contribution in [3.8, 4) is 0 Å². The van der Waals surface area contributed by atoms with E-state index in [-0.39, 0.29) is 11.8 Å². The Morgan fingerprint density at radius 2 is 1.80 bits per heavy atom. The first-order chi connectivity index (χ1) is 11.8. The van der Waals surface area contributed by atoms with Crippen LogP contribution in [0.25, 0.3) is 5.57 Å². The third kappa shape index (κ3) is 3.92. The first kappa shape index (κ1) is 17.3. The van der Waals surface area contributed by atoms with Crippen LogP contribution in [0.3, 0.4) is 0 Å². The molecule has 1 aliphatic rings. The van der Waals surface area contributed by atoms with Crippen molar-refractivity contribution in [2.45, 2.75) is 12.6 Å². The normalized spacial score (nSPS) is 15.1. The van der Waals surface area contributed by atoms with E-state index in [1.165, 1.54) is 5.57 Å². The Hall–Kier alpha value is -2.57. The van der Waals surface area contributed by atoms with Gasteiger partial charge in [0, 0.05) is 33.3 Å². The van der Waals surface area contributed by atoms with Crippen molar-refractivity contribution in [3.05, 3.63) is 53.7 Å². The first-order valence-electron chi connectivity index (χ1n) is 7.97. The van der Waals surface area contributed by atoms with Crippen molar-refractivity contribution in [1.82, 2.24) is 9.97 Å². The number of anilines is 2. The summed E-state index contributed by atoms with van der Waals surface area (Å²) in [4.78, 5) is 11.3. The van der Waals surface area contributed by atoms with E-state index in [1.807, 2.05) is 36.4 Å². The maximum absolute atomic E-state index is 13.1. The molecule has 0 fully saturated rings. The van der Waals surface area contributed by atoms with Crippen molar-refractivity contribution in [2.24, 2.45) is 0 Å². The van der Waals surface area contributed by atoms with Crippen molar-refractivity contribution in [3.63, 3.8) is 0 Å². The fourth-order valence-corrected chi connectivity index (χ4v) is 2.70. The molecule has 25 heavy (non-hydrogen) atoms. The van der Waals surface area contributed by atoms with Gasteiger partial charge in [0.25, 0.3) is 0 Å². The van der Waals surface area contributed by atoms with E-state index in [1.54, 1.807) is 23.9 Å². The summed E-state index contributed by atoms with van der Waals surface area (Å²) in [6.07, 6.45) is -1.73. The van der Waals surface area contributed by atoms with Crippen LogP contribution >= 0.6 is 0 Å². The number of aromatic nitrogens is 2. The molecular formula is C18H19F3N4. The number of alkyl halides is 3. The van der Waals surface area contributed by atoms with Crippen LogP contribution in [0.5, 0.6) is 0 Å². The number of halogens is 3. The quantitative estimate of drug-likeness (QED) is 0.843. The zero-order chi connectivity index (χ0) is 18.0. The molecule has 0 saturated heterocycles. The van der Waals surface area contributed by atoms with Crippen molar-refractivity contribution in [1.29, 1.82) is 0 Å². The van der Waals surface area contributed by atoms with E-state index in [2.05, 4.69) is 9.97 Å². The van der Waals surface area contributed by atoms with E-state index < -0.39 is 11.9 Å². The molecule has 2 heterocycles. The van der Waals surface area contributed by atoms with Crippen LogP contribution in [0.15, 0.2) is 42.5 Å². The fraction of sp³-hybridized carbons (Fsp3) is 0.333. The van der Waals surface area contributed by atoms with Crippen LogP contribution in [-0.4, -0.2) is 37.2 Å². The van der Waals surface area contributed by atoms with Gasteiger partial charge >= 0.3 is 6.18 Å². The smallest absolute Gasteiger partial charge is 0.363 e. The Morgan fingerprint density at radius 1 is 1.08 bits per heavy atom. The minimum atomic E-state index is -4.50. The Kier molecular flexibility index (Phi) is 4.65. The number of rotatable bonds is 3. The van der Waals surface area contributed by atoms with Crippen molar-refractivity contribution < 1.29 is 13.2 Å². The van der Waals surface area contributed by atoms with Gasteiger partial charge in [-0.25, -0.2) is 4.98 Å². The van der Waals surface area contributed by atoms with Crippen molar-refractivity contribution in [2.75, 3.05) is 37.0 Å². The topological polar surface area (TPSA) is 32.3 Å². The third-order valence-corrected chi connectivity index (χ3v) is 4.09. The highest BCUT2D eigenvalue weighted by molar-refractivity contribution is 5.68. The summed E-state index contributed by atoms with van der Waals surface area (Å²) < 4.78 is 39.4. The maximum Gasteiger partial charge on any atom is 0.433 e. The molecule has 0 bridgehead atoms. The van der Waals surface area contributed by atoms with E-state index in [0.717, 1.165) is 18.1 Å². The molecule has 0 radical (unpaired) electrons. The van der Waals surface area contributed by atoms with Gasteiger partial charge in [-0.05, 0) is 17.6 Å². The number of nitrogens with zero attached hydrogens (tertiary/aromatic N) is 4. The molecule has 0 atom stereocenters. The standard InChI is InChI=1S/C18H19F3N4/c1-24(2)16-12-15(18(19,20)21)22-17(23-16)25-10-8-14(9-11-25)13-6-4-3-5-7-13/h3-8,12H,9-11H2,1-2H3. The van der Waals surface area contributed by atoms with E-state index in [0.29, 0.717) is 13.1 Å². The Bertz CT molecular complexity index is 770. The number of benzene rings is 1. The minimum absolute atomic E-state index is 0.113. The predicted octanol–water partition coefficient (Wildman–Crippen LogP) is 3.86. The second-order valence-corrected chi connectivity index (χ2v) is 6.09. The van der Waals surface area contributed by atoms with Gasteiger partial charge in [0.2, 0.25) is 5.95 Å². The first-order valence-corrected chi connectivity index (χ1v) is 7.97. The van der Waals surface area contributed by atoms with Crippen LogP contribution in [0, 0.1) is 0 Å². The molecule has 0 amide bonds. The Balaban J connectivity index is 1.88. The third-order valence-electron chi connectivity index (χ3n) is 4.09. The van der Waals surface area contributed by atoms with Gasteiger partial charge in [0.1, 0.15) is 5.82 Å². The molecule has 1 aromatic heterocycles. The molecule has 0 saturated carbocycles. The average molecular weight is 348 g/mol. The molecule has 7 heteroatoms. The molecule has 0 unspecified atom stereocenters. The van der Waals surface area contributed by atoms with Crippen molar-refractivity contribution >= 4 is 17.3 Å². The van der Waals surface area contributed by atoms with Crippen LogP contribution in [0.4, 0.5) is 24.9 Å². The van der Waals surface area contributed by atoms with Gasteiger partial charge in [0.05, 0.1) is 0 Å². The van der Waals surface area contributed by atoms with E-state index in [4.69, 9.17) is 0 Å². The lowest BCUT2D eigenvalue weighted by Crippen LogP contribution is -2.31. The zero-order valence-corrected chi connectivity index (χ0v) is 14.1. The second kappa shape index (κ2) is 6.74. The fourth-order valence-electron chi connectivity index (χ4n) is 2.70. The molecule has 2 aromatic rings. The SMILES string of the molecule is CN(C)c1cc(C(F)(F)F)nc(N2CC=C(c3ccccc3)CC2)n1. The van der Waals surface area contributed by atoms with E-state index >= 15 is 0 Å². The summed E-state index contributed by atoms with van der Waals surface area (Å²) in [5, 5.41) is 0. The maximum atomic E-state index is 13.1. The zero-order valence-electron chi connectivity index (χ0n) is 14.1. The lowest BCUT2D eigenvalue weighted by atomic mass is 10.00. The highest BCUT2D eigenvalue weighted by Crippen LogP contribution is 2.32. The molecule has 1 aromatic carbocycles. The largest absolute Gasteiger partial charge is 0.433 e. The number of hydrogen-bond donors (Lipinski definition) is 0. The van der Waals surface area contributed by atoms with Gasteiger partial charge < -0.3 is 9.80 Å². The van der Waals surface area contributed by atoms with Gasteiger partial charge in [-0.1, -0.05) is 36.4 Å². The highest BCUT2D eigenvalue weighted by atomic mass is 19.4. The molecule has 132 valence electrons. The highest BCUT2D eigenvalue weighted by Gasteiger charge is 2.34. The Morgan fingerprint density at radius 3 is 2.36 bits per heavy atom. The van der Waals surface area contributed by atoms with Gasteiger partial charge in [0.15, 0.2) is 5.69 Å². The molecule has 0 spiro atoms. The van der Waals surface area contributed by atoms with Crippen LogP contribution < -0.4 is 9.80 Å². The summed E-state index contributed by atoms with van der Waals surface area (Å²) in [6, 6.07) is 10.9. The van der Waals surface area contributed by atoms with Gasteiger partial charge in [-0.3, -0.25) is 0 Å². The van der Waals surface area contributed by atoms with Crippen LogP contribution in [0.1, 0.15) is 17.7 Å². The van der Waals surface area contributed by atoms with E-state index in [9.17, 15) is 13.2 Å². The Labute approximate surface area is 144 Å². The molecular weight excluding hydrogens is 329 g/mol. The molecule has 3 rings (SSSR count). The molecule has 0 N–H and O–H groups in total. The average Bonchev–Trinajstić information content (AvgIpc) is 2.61. The second-order valence-electron chi connectivity index (χ2n) is 6.09. The van der Waals surface area contributed by atoms with Crippen LogP contribution in [-0.2, 0) is 6.18 Å². The lowest BCUT2D eigenvalue weighted by molar-refractivity contribution is -0.141. The van der Waals surface area contributed by atoms with Crippen LogP contribution in [0.2, 0.25) is 0 Å². The number of hydrogen-bond acceptors (Lipinski definition) is 4. The minimum Gasteiger partial charge on any atom is -0.363 e. The van der Waals surface area contributed by atoms with Gasteiger partial charge in [-0.2, -0.15) is 18.2 Å². The summed E-state index contributed by atoms with van der Waals surface area (Å²) in [7, 11) is 3.33.